The number of H-pyrrole nitrogens is 1. The number of nitrogens with zero attached hydrogens (tertiary/aromatic N) is 2. The minimum absolute atomic E-state index is 0.00495. The number of furan rings is 1. The van der Waals surface area contributed by atoms with E-state index in [1.807, 2.05) is 41.3 Å². The van der Waals surface area contributed by atoms with Crippen molar-refractivity contribution in [3.8, 4) is 11.4 Å². The number of carbonyl (C=O) groups excluding carboxylic acids is 1. The van der Waals surface area contributed by atoms with Crippen LogP contribution in [0.5, 0.6) is 0 Å². The van der Waals surface area contributed by atoms with Crippen molar-refractivity contribution in [3.63, 3.8) is 0 Å². The van der Waals surface area contributed by atoms with Crippen molar-refractivity contribution >= 4 is 5.91 Å². The van der Waals surface area contributed by atoms with Gasteiger partial charge in [0.15, 0.2) is 0 Å². The van der Waals surface area contributed by atoms with Crippen LogP contribution < -0.4 is 0 Å². The van der Waals surface area contributed by atoms with Crippen LogP contribution in [0.2, 0.25) is 0 Å². The molecular formula is C20H21N3O2. The summed E-state index contributed by atoms with van der Waals surface area (Å²) in [6.45, 7) is 0.747. The molecule has 1 aromatic carbocycles. The quantitative estimate of drug-likeness (QED) is 0.770. The van der Waals surface area contributed by atoms with E-state index in [0.29, 0.717) is 11.4 Å². The van der Waals surface area contributed by atoms with E-state index >= 15 is 0 Å². The predicted molar refractivity (Wildman–Crippen MR) is 95.0 cm³/mol. The molecule has 1 fully saturated rings. The summed E-state index contributed by atoms with van der Waals surface area (Å²) in [6, 6.07) is 11.5. The van der Waals surface area contributed by atoms with E-state index in [2.05, 4.69) is 9.97 Å². The lowest BCUT2D eigenvalue weighted by Crippen LogP contribution is -2.35. The molecule has 2 aromatic heterocycles. The van der Waals surface area contributed by atoms with Gasteiger partial charge in [-0.2, -0.15) is 0 Å². The van der Waals surface area contributed by atoms with Gasteiger partial charge in [0.2, 0.25) is 0 Å². The normalized spacial score (nSPS) is 18.1. The van der Waals surface area contributed by atoms with Gasteiger partial charge in [0.05, 0.1) is 17.9 Å². The Balaban J connectivity index is 1.72. The van der Waals surface area contributed by atoms with Gasteiger partial charge in [-0.05, 0) is 31.0 Å². The monoisotopic (exact) mass is 335 g/mol. The Morgan fingerprint density at radius 3 is 2.88 bits per heavy atom. The van der Waals surface area contributed by atoms with Gasteiger partial charge in [0.25, 0.3) is 5.91 Å². The number of benzene rings is 1. The zero-order chi connectivity index (χ0) is 17.1. The number of hydrogen-bond donors (Lipinski definition) is 1. The number of imidazole rings is 1. The van der Waals surface area contributed by atoms with Crippen LogP contribution in [0.15, 0.2) is 59.5 Å². The number of likely N-dealkylation sites (tertiary alicyclic amines) is 1. The molecule has 3 heterocycles. The third-order valence-electron chi connectivity index (χ3n) is 4.80. The van der Waals surface area contributed by atoms with Crippen molar-refractivity contribution in [2.24, 2.45) is 0 Å². The van der Waals surface area contributed by atoms with Crippen LogP contribution in [0.3, 0.4) is 0 Å². The Morgan fingerprint density at radius 1 is 1.16 bits per heavy atom. The van der Waals surface area contributed by atoms with Crippen molar-refractivity contribution in [3.05, 3.63) is 66.4 Å². The molecule has 128 valence electrons. The maximum Gasteiger partial charge on any atom is 0.255 e. The Bertz CT molecular complexity index is 825. The highest BCUT2D eigenvalue weighted by Gasteiger charge is 2.30. The molecule has 1 N–H and O–H groups in total. The lowest BCUT2D eigenvalue weighted by Gasteiger charge is -2.29. The number of aromatic nitrogens is 2. The average Bonchev–Trinajstić information content (AvgIpc) is 3.32. The van der Waals surface area contributed by atoms with E-state index in [-0.39, 0.29) is 11.9 Å². The molecule has 0 saturated carbocycles. The Kier molecular flexibility index (Phi) is 4.37. The molecule has 0 radical (unpaired) electrons. The highest BCUT2D eigenvalue weighted by Crippen LogP contribution is 2.33. The van der Waals surface area contributed by atoms with Crippen molar-refractivity contribution in [1.29, 1.82) is 0 Å². The van der Waals surface area contributed by atoms with Gasteiger partial charge in [0, 0.05) is 24.5 Å². The lowest BCUT2D eigenvalue weighted by molar-refractivity contribution is 0.0659. The van der Waals surface area contributed by atoms with Crippen LogP contribution in [0.1, 0.15) is 47.8 Å². The third-order valence-corrected chi connectivity index (χ3v) is 4.80. The van der Waals surface area contributed by atoms with Crippen LogP contribution >= 0.6 is 0 Å². The molecule has 1 aliphatic heterocycles. The molecule has 0 aliphatic carbocycles. The van der Waals surface area contributed by atoms with Crippen molar-refractivity contribution < 1.29 is 9.21 Å². The number of nitrogens with one attached hydrogen (secondary N) is 1. The topological polar surface area (TPSA) is 62.1 Å². The smallest absolute Gasteiger partial charge is 0.255 e. The summed E-state index contributed by atoms with van der Waals surface area (Å²) >= 11 is 0. The summed E-state index contributed by atoms with van der Waals surface area (Å²) in [6.07, 6.45) is 9.35. The second kappa shape index (κ2) is 6.97. The van der Waals surface area contributed by atoms with Gasteiger partial charge in [-0.15, -0.1) is 0 Å². The Hall–Kier alpha value is -2.82. The average molecular weight is 335 g/mol. The molecular weight excluding hydrogens is 314 g/mol. The maximum absolute atomic E-state index is 13.4. The molecule has 4 rings (SSSR count). The molecule has 1 saturated heterocycles. The van der Waals surface area contributed by atoms with Crippen LogP contribution in [0.4, 0.5) is 0 Å². The molecule has 0 unspecified atom stereocenters. The molecule has 1 amide bonds. The zero-order valence-electron chi connectivity index (χ0n) is 14.0. The summed E-state index contributed by atoms with van der Waals surface area (Å²) in [7, 11) is 0. The van der Waals surface area contributed by atoms with Gasteiger partial charge in [-0.1, -0.05) is 31.0 Å². The lowest BCUT2D eigenvalue weighted by atomic mass is 10.0. The fraction of sp³-hybridized carbons (Fsp3) is 0.300. The molecule has 5 nitrogen and oxygen atoms in total. The minimum Gasteiger partial charge on any atom is -0.467 e. The number of hydrogen-bond acceptors (Lipinski definition) is 3. The van der Waals surface area contributed by atoms with E-state index < -0.39 is 0 Å². The molecule has 0 spiro atoms. The highest BCUT2D eigenvalue weighted by molar-refractivity contribution is 6.00. The first-order valence-corrected chi connectivity index (χ1v) is 8.78. The SMILES string of the molecule is O=C(c1ccccc1-c1ncc[nH]1)N1CCCCC[C@H]1c1ccco1. The Labute approximate surface area is 146 Å². The fourth-order valence-electron chi connectivity index (χ4n) is 3.57. The van der Waals surface area contributed by atoms with Gasteiger partial charge in [-0.3, -0.25) is 4.79 Å². The van der Waals surface area contributed by atoms with E-state index in [1.54, 1.807) is 18.7 Å². The maximum atomic E-state index is 13.4. The van der Waals surface area contributed by atoms with E-state index in [0.717, 1.165) is 43.6 Å². The molecule has 5 heteroatoms. The fourth-order valence-corrected chi connectivity index (χ4v) is 3.57. The molecule has 1 aliphatic rings. The second-order valence-electron chi connectivity index (χ2n) is 6.36. The summed E-state index contributed by atoms with van der Waals surface area (Å²) in [4.78, 5) is 22.8. The van der Waals surface area contributed by atoms with Gasteiger partial charge >= 0.3 is 0 Å². The second-order valence-corrected chi connectivity index (χ2v) is 6.36. The summed E-state index contributed by atoms with van der Waals surface area (Å²) < 4.78 is 5.63. The standard InChI is InChI=1S/C20H21N3O2/c24-20(16-8-4-3-7-15(16)19-21-11-12-22-19)23-13-5-1-2-9-17(23)18-10-6-14-25-18/h3-4,6-8,10-12,14,17H,1-2,5,9,13H2,(H,21,22)/t17-/m0/s1. The van der Waals surface area contributed by atoms with Crippen molar-refractivity contribution in [2.75, 3.05) is 6.54 Å². The van der Waals surface area contributed by atoms with E-state index in [1.165, 1.54) is 0 Å². The van der Waals surface area contributed by atoms with Gasteiger partial charge < -0.3 is 14.3 Å². The molecule has 0 bridgehead atoms. The van der Waals surface area contributed by atoms with Crippen LogP contribution in [0.25, 0.3) is 11.4 Å². The Morgan fingerprint density at radius 2 is 2.08 bits per heavy atom. The van der Waals surface area contributed by atoms with Crippen LogP contribution in [-0.4, -0.2) is 27.3 Å². The van der Waals surface area contributed by atoms with E-state index in [9.17, 15) is 4.79 Å². The minimum atomic E-state index is -0.00495. The third kappa shape index (κ3) is 3.09. The number of amides is 1. The number of carbonyl (C=O) groups is 1. The summed E-state index contributed by atoms with van der Waals surface area (Å²) in [5.41, 5.74) is 1.51. The van der Waals surface area contributed by atoms with Gasteiger partial charge in [-0.25, -0.2) is 4.98 Å². The zero-order valence-corrected chi connectivity index (χ0v) is 14.0. The first-order chi connectivity index (χ1) is 12.3. The summed E-state index contributed by atoms with van der Waals surface area (Å²) in [5.74, 6) is 1.62. The summed E-state index contributed by atoms with van der Waals surface area (Å²) in [5, 5.41) is 0. The first-order valence-electron chi connectivity index (χ1n) is 8.78. The van der Waals surface area contributed by atoms with E-state index in [4.69, 9.17) is 4.42 Å². The van der Waals surface area contributed by atoms with Crippen molar-refractivity contribution in [1.82, 2.24) is 14.9 Å². The number of rotatable bonds is 3. The highest BCUT2D eigenvalue weighted by atomic mass is 16.3. The van der Waals surface area contributed by atoms with Gasteiger partial charge in [0.1, 0.15) is 11.6 Å². The number of aromatic amines is 1. The largest absolute Gasteiger partial charge is 0.467 e. The molecule has 3 aromatic rings. The molecule has 1 atom stereocenters. The van der Waals surface area contributed by atoms with Crippen LogP contribution in [0, 0.1) is 0 Å². The van der Waals surface area contributed by atoms with Crippen LogP contribution in [-0.2, 0) is 0 Å². The molecule has 25 heavy (non-hydrogen) atoms. The first kappa shape index (κ1) is 15.7. The predicted octanol–water partition coefficient (Wildman–Crippen LogP) is 4.43. The van der Waals surface area contributed by atoms with Crippen molar-refractivity contribution in [2.45, 2.75) is 31.7 Å².